The summed E-state index contributed by atoms with van der Waals surface area (Å²) in [4.78, 5) is 24.8. The molecule has 3 rings (SSSR count). The lowest BCUT2D eigenvalue weighted by molar-refractivity contribution is -0.113. The van der Waals surface area contributed by atoms with E-state index in [0.717, 1.165) is 4.70 Å². The van der Waals surface area contributed by atoms with Gasteiger partial charge in [-0.05, 0) is 18.6 Å². The molecule has 0 saturated carbocycles. The first-order chi connectivity index (χ1) is 13.4. The molecule has 0 aliphatic heterocycles. The van der Waals surface area contributed by atoms with Crippen molar-refractivity contribution in [3.63, 3.8) is 0 Å². The number of fused-ring (bicyclic) bond motifs is 1. The van der Waals surface area contributed by atoms with Gasteiger partial charge in [0.1, 0.15) is 16.3 Å². The average molecular weight is 418 g/mol. The Hall–Kier alpha value is -2.71. The Balaban J connectivity index is 1.81. The van der Waals surface area contributed by atoms with Crippen LogP contribution in [-0.4, -0.2) is 32.7 Å². The Bertz CT molecular complexity index is 1100. The van der Waals surface area contributed by atoms with Gasteiger partial charge in [0.15, 0.2) is 9.84 Å². The van der Waals surface area contributed by atoms with E-state index in [2.05, 4.69) is 5.32 Å². The minimum absolute atomic E-state index is 0.196. The molecule has 0 radical (unpaired) electrons. The molecule has 0 bridgehead atoms. The summed E-state index contributed by atoms with van der Waals surface area (Å²) >= 11 is 1.21. The number of hydrogen-bond donors (Lipinski definition) is 1. The predicted molar refractivity (Wildman–Crippen MR) is 110 cm³/mol. The van der Waals surface area contributed by atoms with Gasteiger partial charge in [-0.3, -0.25) is 4.79 Å². The molecule has 0 saturated heterocycles. The Kier molecular flexibility index (Phi) is 6.11. The summed E-state index contributed by atoms with van der Waals surface area (Å²) in [5.74, 6) is -2.13. The Morgan fingerprint density at radius 2 is 1.71 bits per heavy atom. The van der Waals surface area contributed by atoms with Crippen LogP contribution in [0.2, 0.25) is 0 Å². The third kappa shape index (κ3) is 4.76. The summed E-state index contributed by atoms with van der Waals surface area (Å²) in [6.45, 7) is 1.89. The molecule has 0 atom stereocenters. The quantitative estimate of drug-likeness (QED) is 0.593. The zero-order valence-corrected chi connectivity index (χ0v) is 16.8. The van der Waals surface area contributed by atoms with E-state index < -0.39 is 27.5 Å². The van der Waals surface area contributed by atoms with Crippen LogP contribution < -0.4 is 5.32 Å². The molecule has 0 spiro atoms. The fraction of sp³-hybridized carbons (Fsp3) is 0.200. The molecule has 1 aromatic heterocycles. The van der Waals surface area contributed by atoms with Crippen LogP contribution in [0.3, 0.4) is 0 Å². The second-order valence-electron chi connectivity index (χ2n) is 6.09. The molecule has 6 nitrogen and oxygen atoms in total. The number of hydrogen-bond acceptors (Lipinski definition) is 6. The number of nitrogens with one attached hydrogen (secondary N) is 1. The third-order valence-corrected chi connectivity index (χ3v) is 6.47. The summed E-state index contributed by atoms with van der Waals surface area (Å²) in [6.07, 6.45) is 0. The first-order valence-corrected chi connectivity index (χ1v) is 11.3. The fourth-order valence-corrected chi connectivity index (χ4v) is 5.16. The molecule has 8 heteroatoms. The highest BCUT2D eigenvalue weighted by molar-refractivity contribution is 7.91. The number of ether oxygens (including phenoxy) is 1. The Labute approximate surface area is 167 Å². The summed E-state index contributed by atoms with van der Waals surface area (Å²) in [5, 5.41) is 3.53. The standard InChI is InChI=1S/C20H19NO5S2/c1-2-26-20(23)18-15-10-6-7-11-16(15)27-19(18)21-17(22)13-28(24,25)12-14-8-4-3-5-9-14/h3-11H,2,12-13H2,1H3,(H,21,22). The van der Waals surface area contributed by atoms with Crippen LogP contribution in [0.1, 0.15) is 22.8 Å². The largest absolute Gasteiger partial charge is 0.462 e. The van der Waals surface area contributed by atoms with Crippen molar-refractivity contribution in [2.75, 3.05) is 17.7 Å². The minimum Gasteiger partial charge on any atom is -0.462 e. The van der Waals surface area contributed by atoms with E-state index in [-0.39, 0.29) is 17.9 Å². The molecular formula is C20H19NO5S2. The van der Waals surface area contributed by atoms with Gasteiger partial charge in [0.05, 0.1) is 12.4 Å². The molecule has 3 aromatic rings. The zero-order chi connectivity index (χ0) is 20.1. The predicted octanol–water partition coefficient (Wildman–Crippen LogP) is 3.63. The molecule has 0 aliphatic carbocycles. The van der Waals surface area contributed by atoms with Gasteiger partial charge >= 0.3 is 5.97 Å². The van der Waals surface area contributed by atoms with Gasteiger partial charge in [-0.1, -0.05) is 48.5 Å². The van der Waals surface area contributed by atoms with Crippen molar-refractivity contribution in [2.45, 2.75) is 12.7 Å². The summed E-state index contributed by atoms with van der Waals surface area (Å²) in [5.41, 5.74) is 0.862. The lowest BCUT2D eigenvalue weighted by Gasteiger charge is -2.07. The first-order valence-electron chi connectivity index (χ1n) is 8.62. The smallest absolute Gasteiger partial charge is 0.341 e. The molecule has 28 heavy (non-hydrogen) atoms. The molecule has 1 heterocycles. The highest BCUT2D eigenvalue weighted by atomic mass is 32.2. The molecule has 146 valence electrons. The van der Waals surface area contributed by atoms with Crippen LogP contribution in [-0.2, 0) is 25.1 Å². The normalized spacial score (nSPS) is 11.3. The van der Waals surface area contributed by atoms with Gasteiger partial charge in [-0.15, -0.1) is 11.3 Å². The van der Waals surface area contributed by atoms with Gasteiger partial charge in [0.25, 0.3) is 0 Å². The number of carbonyl (C=O) groups is 2. The number of anilines is 1. The second kappa shape index (κ2) is 8.53. The number of amides is 1. The molecule has 1 N–H and O–H groups in total. The molecule has 0 fully saturated rings. The maximum absolute atomic E-state index is 12.4. The molecule has 0 aliphatic rings. The SMILES string of the molecule is CCOC(=O)c1c(NC(=O)CS(=O)(=O)Cc2ccccc2)sc2ccccc12. The van der Waals surface area contributed by atoms with E-state index >= 15 is 0 Å². The zero-order valence-electron chi connectivity index (χ0n) is 15.2. The van der Waals surface area contributed by atoms with Crippen LogP contribution in [0, 0.1) is 0 Å². The summed E-state index contributed by atoms with van der Waals surface area (Å²) in [7, 11) is -3.65. The number of thiophene rings is 1. The van der Waals surface area contributed by atoms with E-state index in [1.54, 1.807) is 49.4 Å². The van der Waals surface area contributed by atoms with E-state index in [4.69, 9.17) is 4.74 Å². The molecule has 1 amide bonds. The summed E-state index contributed by atoms with van der Waals surface area (Å²) < 4.78 is 30.6. The maximum Gasteiger partial charge on any atom is 0.341 e. The lowest BCUT2D eigenvalue weighted by atomic mass is 10.1. The van der Waals surface area contributed by atoms with Gasteiger partial charge in [0, 0.05) is 10.1 Å². The Morgan fingerprint density at radius 1 is 1.04 bits per heavy atom. The number of sulfone groups is 1. The average Bonchev–Trinajstić information content (AvgIpc) is 2.99. The van der Waals surface area contributed by atoms with Crippen LogP contribution in [0.4, 0.5) is 5.00 Å². The second-order valence-corrected chi connectivity index (χ2v) is 9.21. The van der Waals surface area contributed by atoms with Gasteiger partial charge < -0.3 is 10.1 Å². The van der Waals surface area contributed by atoms with Crippen molar-refractivity contribution >= 4 is 48.1 Å². The molecule has 2 aromatic carbocycles. The number of rotatable bonds is 7. The van der Waals surface area contributed by atoms with Crippen molar-refractivity contribution in [3.05, 3.63) is 65.7 Å². The van der Waals surface area contributed by atoms with Crippen molar-refractivity contribution < 1.29 is 22.7 Å². The number of esters is 1. The van der Waals surface area contributed by atoms with E-state index in [9.17, 15) is 18.0 Å². The van der Waals surface area contributed by atoms with Crippen molar-refractivity contribution in [3.8, 4) is 0 Å². The summed E-state index contributed by atoms with van der Waals surface area (Å²) in [6, 6.07) is 15.9. The van der Waals surface area contributed by atoms with Crippen molar-refractivity contribution in [1.29, 1.82) is 0 Å². The van der Waals surface area contributed by atoms with Crippen molar-refractivity contribution in [1.82, 2.24) is 0 Å². The van der Waals surface area contributed by atoms with Gasteiger partial charge in [0.2, 0.25) is 5.91 Å². The fourth-order valence-electron chi connectivity index (χ4n) is 2.78. The van der Waals surface area contributed by atoms with E-state index in [0.29, 0.717) is 16.0 Å². The van der Waals surface area contributed by atoms with Crippen LogP contribution >= 0.6 is 11.3 Å². The number of benzene rings is 2. The highest BCUT2D eigenvalue weighted by Crippen LogP contribution is 2.36. The van der Waals surface area contributed by atoms with Crippen LogP contribution in [0.15, 0.2) is 54.6 Å². The third-order valence-electron chi connectivity index (χ3n) is 3.91. The van der Waals surface area contributed by atoms with Crippen LogP contribution in [0.5, 0.6) is 0 Å². The van der Waals surface area contributed by atoms with Gasteiger partial charge in [-0.25, -0.2) is 13.2 Å². The monoisotopic (exact) mass is 417 g/mol. The van der Waals surface area contributed by atoms with E-state index in [1.807, 2.05) is 12.1 Å². The van der Waals surface area contributed by atoms with Crippen molar-refractivity contribution in [2.24, 2.45) is 0 Å². The highest BCUT2D eigenvalue weighted by Gasteiger charge is 2.23. The maximum atomic E-state index is 12.4. The molecule has 0 unspecified atom stereocenters. The van der Waals surface area contributed by atoms with E-state index in [1.165, 1.54) is 11.3 Å². The molecular weight excluding hydrogens is 398 g/mol. The van der Waals surface area contributed by atoms with Gasteiger partial charge in [-0.2, -0.15) is 0 Å². The first kappa shape index (κ1) is 20.0. The Morgan fingerprint density at radius 3 is 2.43 bits per heavy atom. The number of carbonyl (C=O) groups excluding carboxylic acids is 2. The topological polar surface area (TPSA) is 89.5 Å². The lowest BCUT2D eigenvalue weighted by Crippen LogP contribution is -2.24. The minimum atomic E-state index is -3.65. The van der Waals surface area contributed by atoms with Crippen LogP contribution in [0.25, 0.3) is 10.1 Å².